The van der Waals surface area contributed by atoms with Gasteiger partial charge in [0.2, 0.25) is 0 Å². The Morgan fingerprint density at radius 1 is 1.17 bits per heavy atom. The van der Waals surface area contributed by atoms with E-state index >= 15 is 0 Å². The Bertz CT molecular complexity index is 540. The van der Waals surface area contributed by atoms with Crippen LogP contribution >= 0.6 is 34.2 Å². The zero-order valence-electron chi connectivity index (χ0n) is 9.73. The predicted molar refractivity (Wildman–Crippen MR) is 81.2 cm³/mol. The van der Waals surface area contributed by atoms with Crippen molar-refractivity contribution in [3.8, 4) is 5.75 Å². The first-order valence-electron chi connectivity index (χ1n) is 5.39. The number of hydrogen-bond acceptors (Lipinski definition) is 2. The lowest BCUT2D eigenvalue weighted by Crippen LogP contribution is -2.02. The third-order valence-corrected chi connectivity index (χ3v) is 3.90. The molecule has 0 spiro atoms. The van der Waals surface area contributed by atoms with Crippen molar-refractivity contribution >= 4 is 34.2 Å². The van der Waals surface area contributed by atoms with E-state index in [-0.39, 0.29) is 0 Å². The summed E-state index contributed by atoms with van der Waals surface area (Å²) in [5.41, 5.74) is 1.63. The first-order valence-corrected chi connectivity index (χ1v) is 6.84. The largest absolute Gasteiger partial charge is 0.497 e. The second-order valence-corrected chi connectivity index (χ2v) is 5.44. The van der Waals surface area contributed by atoms with Gasteiger partial charge in [0.25, 0.3) is 0 Å². The molecule has 1 N–H and O–H groups in total. The molecule has 1 unspecified atom stereocenters. The summed E-state index contributed by atoms with van der Waals surface area (Å²) < 4.78 is 6.08. The van der Waals surface area contributed by atoms with Crippen LogP contribution < -0.4 is 4.74 Å². The molecule has 0 fully saturated rings. The Balaban J connectivity index is 2.34. The van der Waals surface area contributed by atoms with Crippen molar-refractivity contribution in [3.63, 3.8) is 0 Å². The molecule has 0 saturated heterocycles. The summed E-state index contributed by atoms with van der Waals surface area (Å²) in [7, 11) is 1.62. The Hall–Kier alpha value is -0.780. The molecule has 2 aromatic rings. The van der Waals surface area contributed by atoms with Crippen molar-refractivity contribution in [3.05, 3.63) is 62.2 Å². The molecule has 4 heteroatoms. The molecule has 94 valence electrons. The summed E-state index contributed by atoms with van der Waals surface area (Å²) in [6.07, 6.45) is -0.679. The second kappa shape index (κ2) is 5.91. The standard InChI is InChI=1S/C14H12ClIO2/c1-18-11-5-2-9(3-6-11)14(17)12-8-10(15)4-7-13(12)16/h2-8,14,17H,1H3. The van der Waals surface area contributed by atoms with E-state index in [4.69, 9.17) is 16.3 Å². The normalized spacial score (nSPS) is 12.2. The van der Waals surface area contributed by atoms with Crippen LogP contribution in [0, 0.1) is 3.57 Å². The minimum Gasteiger partial charge on any atom is -0.497 e. The number of ether oxygens (including phenoxy) is 1. The molecular weight excluding hydrogens is 363 g/mol. The molecule has 0 aliphatic carbocycles. The lowest BCUT2D eigenvalue weighted by Gasteiger charge is -2.14. The fourth-order valence-corrected chi connectivity index (χ4v) is 2.50. The van der Waals surface area contributed by atoms with Crippen LogP contribution in [-0.4, -0.2) is 12.2 Å². The zero-order valence-corrected chi connectivity index (χ0v) is 12.6. The fraction of sp³-hybridized carbons (Fsp3) is 0.143. The number of aliphatic hydroxyl groups excluding tert-OH is 1. The van der Waals surface area contributed by atoms with Crippen molar-refractivity contribution < 1.29 is 9.84 Å². The van der Waals surface area contributed by atoms with Crippen LogP contribution in [0.15, 0.2) is 42.5 Å². The highest BCUT2D eigenvalue weighted by Crippen LogP contribution is 2.29. The lowest BCUT2D eigenvalue weighted by atomic mass is 10.0. The zero-order chi connectivity index (χ0) is 13.1. The monoisotopic (exact) mass is 374 g/mol. The van der Waals surface area contributed by atoms with Gasteiger partial charge in [0.05, 0.1) is 7.11 Å². The number of hydrogen-bond donors (Lipinski definition) is 1. The first-order chi connectivity index (χ1) is 8.61. The quantitative estimate of drug-likeness (QED) is 0.822. The Kier molecular flexibility index (Phi) is 4.48. The van der Waals surface area contributed by atoms with E-state index in [2.05, 4.69) is 22.6 Å². The smallest absolute Gasteiger partial charge is 0.118 e. The van der Waals surface area contributed by atoms with Gasteiger partial charge in [-0.25, -0.2) is 0 Å². The van der Waals surface area contributed by atoms with Crippen molar-refractivity contribution in [1.82, 2.24) is 0 Å². The van der Waals surface area contributed by atoms with E-state index in [1.807, 2.05) is 36.4 Å². The van der Waals surface area contributed by atoms with E-state index < -0.39 is 6.10 Å². The number of rotatable bonds is 3. The first kappa shape index (κ1) is 13.6. The van der Waals surface area contributed by atoms with E-state index in [0.717, 1.165) is 20.4 Å². The molecule has 2 aromatic carbocycles. The van der Waals surface area contributed by atoms with Gasteiger partial charge in [-0.1, -0.05) is 23.7 Å². The van der Waals surface area contributed by atoms with Crippen LogP contribution in [0.5, 0.6) is 5.75 Å². The van der Waals surface area contributed by atoms with Gasteiger partial charge >= 0.3 is 0 Å². The van der Waals surface area contributed by atoms with Crippen molar-refractivity contribution in [2.24, 2.45) is 0 Å². The van der Waals surface area contributed by atoms with Gasteiger partial charge in [-0.15, -0.1) is 0 Å². The predicted octanol–water partition coefficient (Wildman–Crippen LogP) is 4.03. The van der Waals surface area contributed by atoms with E-state index in [0.29, 0.717) is 5.02 Å². The Labute approximate surface area is 125 Å². The van der Waals surface area contributed by atoms with Crippen molar-refractivity contribution in [2.45, 2.75) is 6.10 Å². The number of halogens is 2. The molecule has 2 rings (SSSR count). The van der Waals surface area contributed by atoms with Gasteiger partial charge in [-0.05, 0) is 64.0 Å². The highest BCUT2D eigenvalue weighted by atomic mass is 127. The number of benzene rings is 2. The van der Waals surface area contributed by atoms with Gasteiger partial charge in [0, 0.05) is 8.59 Å². The molecule has 0 aliphatic rings. The molecule has 0 amide bonds. The molecule has 0 aromatic heterocycles. The molecular formula is C14H12ClIO2. The summed E-state index contributed by atoms with van der Waals surface area (Å²) in [5.74, 6) is 0.770. The van der Waals surface area contributed by atoms with Crippen LogP contribution in [0.1, 0.15) is 17.2 Å². The maximum absolute atomic E-state index is 10.4. The summed E-state index contributed by atoms with van der Waals surface area (Å²) in [6, 6.07) is 12.9. The van der Waals surface area contributed by atoms with Crippen LogP contribution in [-0.2, 0) is 0 Å². The van der Waals surface area contributed by atoms with Gasteiger partial charge in [0.1, 0.15) is 11.9 Å². The summed E-state index contributed by atoms with van der Waals surface area (Å²) in [4.78, 5) is 0. The molecule has 0 bridgehead atoms. The van der Waals surface area contributed by atoms with Crippen LogP contribution in [0.2, 0.25) is 5.02 Å². The SMILES string of the molecule is COc1ccc(C(O)c2cc(Cl)ccc2I)cc1. The minimum atomic E-state index is -0.679. The Morgan fingerprint density at radius 3 is 2.44 bits per heavy atom. The van der Waals surface area contributed by atoms with Gasteiger partial charge in [0.15, 0.2) is 0 Å². The third kappa shape index (κ3) is 2.96. The molecule has 18 heavy (non-hydrogen) atoms. The number of aliphatic hydroxyl groups is 1. The highest BCUT2D eigenvalue weighted by Gasteiger charge is 2.14. The highest BCUT2D eigenvalue weighted by molar-refractivity contribution is 14.1. The fourth-order valence-electron chi connectivity index (χ4n) is 1.69. The summed E-state index contributed by atoms with van der Waals surface area (Å²) in [5, 5.41) is 11.0. The van der Waals surface area contributed by atoms with Gasteiger partial charge in [-0.3, -0.25) is 0 Å². The topological polar surface area (TPSA) is 29.5 Å². The second-order valence-electron chi connectivity index (χ2n) is 3.84. The van der Waals surface area contributed by atoms with Crippen molar-refractivity contribution in [2.75, 3.05) is 7.11 Å². The molecule has 2 nitrogen and oxygen atoms in total. The Morgan fingerprint density at radius 2 is 1.83 bits per heavy atom. The van der Waals surface area contributed by atoms with Gasteiger partial charge in [-0.2, -0.15) is 0 Å². The maximum Gasteiger partial charge on any atom is 0.118 e. The average Bonchev–Trinajstić information content (AvgIpc) is 2.41. The van der Waals surface area contributed by atoms with Crippen molar-refractivity contribution in [1.29, 1.82) is 0 Å². The third-order valence-electron chi connectivity index (χ3n) is 2.68. The van der Waals surface area contributed by atoms with Gasteiger partial charge < -0.3 is 9.84 Å². The summed E-state index contributed by atoms with van der Waals surface area (Å²) >= 11 is 8.15. The van der Waals surface area contributed by atoms with Crippen LogP contribution in [0.25, 0.3) is 0 Å². The maximum atomic E-state index is 10.4. The molecule has 0 aliphatic heterocycles. The molecule has 0 saturated carbocycles. The van der Waals surface area contributed by atoms with E-state index in [1.165, 1.54) is 0 Å². The van der Waals surface area contributed by atoms with E-state index in [9.17, 15) is 5.11 Å². The van der Waals surface area contributed by atoms with E-state index in [1.54, 1.807) is 13.2 Å². The number of methoxy groups -OCH3 is 1. The van der Waals surface area contributed by atoms with Crippen LogP contribution in [0.3, 0.4) is 0 Å². The molecule has 0 radical (unpaired) electrons. The molecule has 1 atom stereocenters. The summed E-state index contributed by atoms with van der Waals surface area (Å²) in [6.45, 7) is 0. The lowest BCUT2D eigenvalue weighted by molar-refractivity contribution is 0.219. The van der Waals surface area contributed by atoms with Crippen LogP contribution in [0.4, 0.5) is 0 Å². The minimum absolute atomic E-state index is 0.623. The molecule has 0 heterocycles. The average molecular weight is 375 g/mol.